The number of carbonyl (C=O) groups excluding carboxylic acids is 1. The Kier molecular flexibility index (Phi) is 6.98. The van der Waals surface area contributed by atoms with E-state index in [9.17, 15) is 4.79 Å². The quantitative estimate of drug-likeness (QED) is 0.615. The maximum atomic E-state index is 12.6. The first kappa shape index (κ1) is 21.4. The summed E-state index contributed by atoms with van der Waals surface area (Å²) in [6.45, 7) is 13.7. The number of carbonyl (C=O) groups is 1. The van der Waals surface area contributed by atoms with Gasteiger partial charge in [0.1, 0.15) is 5.75 Å². The molecular weight excluding hydrogens is 388 g/mol. The number of hydrogen-bond donors (Lipinski definition) is 0. The molecule has 2 heterocycles. The SMILES string of the molecule is C=CCN1CCN(c2cc(C)n(Cc3cc(Cl)ccc3OCC(C)C)n2)C(=O)C1. The van der Waals surface area contributed by atoms with Gasteiger partial charge in [-0.15, -0.1) is 6.58 Å². The summed E-state index contributed by atoms with van der Waals surface area (Å²) in [6, 6.07) is 7.61. The Morgan fingerprint density at radius 1 is 1.31 bits per heavy atom. The second kappa shape index (κ2) is 9.46. The van der Waals surface area contributed by atoms with Gasteiger partial charge in [0.05, 0.1) is 19.7 Å². The maximum absolute atomic E-state index is 12.6. The Morgan fingerprint density at radius 2 is 2.10 bits per heavy atom. The van der Waals surface area contributed by atoms with E-state index in [4.69, 9.17) is 21.4 Å². The van der Waals surface area contributed by atoms with E-state index in [0.717, 1.165) is 30.1 Å². The third kappa shape index (κ3) is 5.40. The van der Waals surface area contributed by atoms with E-state index in [2.05, 4.69) is 25.3 Å². The first-order valence-electron chi connectivity index (χ1n) is 9.96. The zero-order chi connectivity index (χ0) is 21.0. The average molecular weight is 417 g/mol. The highest BCUT2D eigenvalue weighted by molar-refractivity contribution is 6.30. The largest absolute Gasteiger partial charge is 0.493 e. The van der Waals surface area contributed by atoms with Crippen LogP contribution in [0.1, 0.15) is 25.1 Å². The Balaban J connectivity index is 1.77. The minimum Gasteiger partial charge on any atom is -0.493 e. The van der Waals surface area contributed by atoms with Crippen LogP contribution in [0.15, 0.2) is 36.9 Å². The first-order valence-corrected chi connectivity index (χ1v) is 10.3. The highest BCUT2D eigenvalue weighted by atomic mass is 35.5. The van der Waals surface area contributed by atoms with Gasteiger partial charge in [-0.25, -0.2) is 0 Å². The summed E-state index contributed by atoms with van der Waals surface area (Å²) in [5.41, 5.74) is 1.95. The van der Waals surface area contributed by atoms with Crippen LogP contribution in [0.4, 0.5) is 5.82 Å². The number of benzene rings is 1. The van der Waals surface area contributed by atoms with E-state index in [-0.39, 0.29) is 5.91 Å². The second-order valence-electron chi connectivity index (χ2n) is 7.83. The molecule has 0 atom stereocenters. The highest BCUT2D eigenvalue weighted by Gasteiger charge is 2.26. The minimum atomic E-state index is 0.0615. The molecular formula is C22H29ClN4O2. The lowest BCUT2D eigenvalue weighted by atomic mass is 10.2. The number of ether oxygens (including phenoxy) is 1. The Hall–Kier alpha value is -2.31. The van der Waals surface area contributed by atoms with Crippen LogP contribution in [0.5, 0.6) is 5.75 Å². The molecule has 1 saturated heterocycles. The molecule has 0 spiro atoms. The van der Waals surface area contributed by atoms with Crippen molar-refractivity contribution in [1.29, 1.82) is 0 Å². The molecule has 156 valence electrons. The average Bonchev–Trinajstić information content (AvgIpc) is 3.01. The summed E-state index contributed by atoms with van der Waals surface area (Å²) in [7, 11) is 0. The molecule has 0 bridgehead atoms. The summed E-state index contributed by atoms with van der Waals surface area (Å²) >= 11 is 6.22. The smallest absolute Gasteiger partial charge is 0.242 e. The van der Waals surface area contributed by atoms with Crippen molar-refractivity contribution in [3.63, 3.8) is 0 Å². The van der Waals surface area contributed by atoms with Gasteiger partial charge in [-0.2, -0.15) is 5.10 Å². The van der Waals surface area contributed by atoms with Crippen LogP contribution in [0, 0.1) is 12.8 Å². The molecule has 1 aromatic heterocycles. The maximum Gasteiger partial charge on any atom is 0.242 e. The molecule has 0 radical (unpaired) electrons. The van der Waals surface area contributed by atoms with E-state index in [1.54, 1.807) is 4.90 Å². The van der Waals surface area contributed by atoms with Gasteiger partial charge < -0.3 is 4.74 Å². The van der Waals surface area contributed by atoms with Crippen molar-refractivity contribution in [2.45, 2.75) is 27.3 Å². The summed E-state index contributed by atoms with van der Waals surface area (Å²) in [6.07, 6.45) is 1.83. The van der Waals surface area contributed by atoms with E-state index >= 15 is 0 Å². The third-order valence-electron chi connectivity index (χ3n) is 4.85. The highest BCUT2D eigenvalue weighted by Crippen LogP contribution is 2.26. The number of rotatable bonds is 8. The molecule has 0 aliphatic carbocycles. The molecule has 1 aliphatic rings. The third-order valence-corrected chi connectivity index (χ3v) is 5.08. The van der Waals surface area contributed by atoms with Crippen LogP contribution >= 0.6 is 11.6 Å². The van der Waals surface area contributed by atoms with Gasteiger partial charge in [-0.3, -0.25) is 19.3 Å². The number of amides is 1. The second-order valence-corrected chi connectivity index (χ2v) is 8.26. The van der Waals surface area contributed by atoms with Crippen LogP contribution in [-0.4, -0.2) is 53.4 Å². The lowest BCUT2D eigenvalue weighted by molar-refractivity contribution is -0.121. The minimum absolute atomic E-state index is 0.0615. The van der Waals surface area contributed by atoms with Crippen molar-refractivity contribution < 1.29 is 9.53 Å². The normalized spacial score (nSPS) is 15.2. The van der Waals surface area contributed by atoms with Gasteiger partial charge >= 0.3 is 0 Å². The fourth-order valence-corrected chi connectivity index (χ4v) is 3.51. The van der Waals surface area contributed by atoms with Gasteiger partial charge in [0.25, 0.3) is 0 Å². The number of nitrogens with zero attached hydrogens (tertiary/aromatic N) is 4. The van der Waals surface area contributed by atoms with Crippen LogP contribution in [0.25, 0.3) is 0 Å². The van der Waals surface area contributed by atoms with Crippen LogP contribution in [0.3, 0.4) is 0 Å². The van der Waals surface area contributed by atoms with E-state index in [1.165, 1.54) is 0 Å². The molecule has 0 saturated carbocycles. The molecule has 1 aromatic carbocycles. The van der Waals surface area contributed by atoms with E-state index in [1.807, 2.05) is 41.9 Å². The molecule has 0 unspecified atom stereocenters. The van der Waals surface area contributed by atoms with Gasteiger partial charge in [-0.05, 0) is 31.0 Å². The van der Waals surface area contributed by atoms with Crippen molar-refractivity contribution in [3.8, 4) is 5.75 Å². The zero-order valence-electron chi connectivity index (χ0n) is 17.4. The fraction of sp³-hybridized carbons (Fsp3) is 0.455. The monoisotopic (exact) mass is 416 g/mol. The lowest BCUT2D eigenvalue weighted by Crippen LogP contribution is -2.50. The van der Waals surface area contributed by atoms with Gasteiger partial charge in [-0.1, -0.05) is 31.5 Å². The predicted molar refractivity (Wildman–Crippen MR) is 117 cm³/mol. The topological polar surface area (TPSA) is 50.6 Å². The van der Waals surface area contributed by atoms with Crippen molar-refractivity contribution in [2.24, 2.45) is 5.92 Å². The molecule has 1 aliphatic heterocycles. The standard InChI is InChI=1S/C22H29ClN4O2/c1-5-8-25-9-10-26(22(28)14-25)21-11-17(4)27(24-21)13-18-12-19(23)6-7-20(18)29-15-16(2)3/h5-7,11-12,16H,1,8-10,13-15H2,2-4H3. The molecule has 29 heavy (non-hydrogen) atoms. The summed E-state index contributed by atoms with van der Waals surface area (Å²) in [5, 5.41) is 5.36. The number of piperazine rings is 1. The van der Waals surface area contributed by atoms with Crippen molar-refractivity contribution in [1.82, 2.24) is 14.7 Å². The summed E-state index contributed by atoms with van der Waals surface area (Å²) < 4.78 is 7.86. The number of halogens is 1. The molecule has 6 nitrogen and oxygen atoms in total. The van der Waals surface area contributed by atoms with Gasteiger partial charge in [0.15, 0.2) is 5.82 Å². The summed E-state index contributed by atoms with van der Waals surface area (Å²) in [5.74, 6) is 2.00. The lowest BCUT2D eigenvalue weighted by Gasteiger charge is -2.32. The first-order chi connectivity index (χ1) is 13.9. The zero-order valence-corrected chi connectivity index (χ0v) is 18.2. The molecule has 1 fully saturated rings. The Labute approximate surface area is 177 Å². The molecule has 2 aromatic rings. The van der Waals surface area contributed by atoms with Crippen molar-refractivity contribution >= 4 is 23.3 Å². The summed E-state index contributed by atoms with van der Waals surface area (Å²) in [4.78, 5) is 16.4. The van der Waals surface area contributed by atoms with Crippen molar-refractivity contribution in [3.05, 3.63) is 53.2 Å². The molecule has 0 N–H and O–H groups in total. The van der Waals surface area contributed by atoms with Crippen molar-refractivity contribution in [2.75, 3.05) is 37.7 Å². The number of aryl methyl sites for hydroxylation is 1. The Bertz CT molecular complexity index is 878. The van der Waals surface area contributed by atoms with E-state index < -0.39 is 0 Å². The molecule has 7 heteroatoms. The van der Waals surface area contributed by atoms with Gasteiger partial charge in [0, 0.05) is 42.0 Å². The fourth-order valence-electron chi connectivity index (χ4n) is 3.32. The van der Waals surface area contributed by atoms with Crippen LogP contribution < -0.4 is 9.64 Å². The number of aromatic nitrogens is 2. The van der Waals surface area contributed by atoms with Crippen LogP contribution in [0.2, 0.25) is 5.02 Å². The van der Waals surface area contributed by atoms with Gasteiger partial charge in [0.2, 0.25) is 5.91 Å². The number of anilines is 1. The number of hydrogen-bond acceptors (Lipinski definition) is 4. The predicted octanol–water partition coefficient (Wildman–Crippen LogP) is 3.76. The molecule has 3 rings (SSSR count). The van der Waals surface area contributed by atoms with E-state index in [0.29, 0.717) is 43.0 Å². The Morgan fingerprint density at radius 3 is 2.79 bits per heavy atom. The molecule has 1 amide bonds. The van der Waals surface area contributed by atoms with Crippen LogP contribution in [-0.2, 0) is 11.3 Å².